The lowest BCUT2D eigenvalue weighted by Crippen LogP contribution is -2.29. The highest BCUT2D eigenvalue weighted by molar-refractivity contribution is 5.95. The molecule has 0 radical (unpaired) electrons. The van der Waals surface area contributed by atoms with E-state index in [1.54, 1.807) is 0 Å². The number of pyridine rings is 1. The fourth-order valence-electron chi connectivity index (χ4n) is 1.72. The number of carboxylic acid groups (broad SMARTS) is 1. The summed E-state index contributed by atoms with van der Waals surface area (Å²) in [7, 11) is 1.46. The Hall–Kier alpha value is -2.12. The van der Waals surface area contributed by atoms with Crippen LogP contribution in [0.25, 0.3) is 0 Å². The molecule has 1 N–H and O–H groups in total. The van der Waals surface area contributed by atoms with Crippen molar-refractivity contribution in [3.05, 3.63) is 29.1 Å². The Kier molecular flexibility index (Phi) is 5.28. The number of carbonyl (C=O) groups is 2. The summed E-state index contributed by atoms with van der Waals surface area (Å²) in [6.07, 6.45) is -4.37. The molecule has 0 aliphatic heterocycles. The first kappa shape index (κ1) is 16.9. The van der Waals surface area contributed by atoms with Crippen LogP contribution in [0.3, 0.4) is 0 Å². The summed E-state index contributed by atoms with van der Waals surface area (Å²) >= 11 is 0. The molecular weight excluding hydrogens is 289 g/mol. The molecule has 1 rings (SSSR count). The van der Waals surface area contributed by atoms with Gasteiger partial charge in [-0.25, -0.2) is 4.98 Å². The number of aromatic nitrogens is 1. The predicted octanol–water partition coefficient (Wildman–Crippen LogP) is 2.35. The summed E-state index contributed by atoms with van der Waals surface area (Å²) in [6.45, 7) is 1.53. The number of halogens is 3. The van der Waals surface area contributed by atoms with E-state index in [1.807, 2.05) is 0 Å². The van der Waals surface area contributed by atoms with Gasteiger partial charge in [0, 0.05) is 20.0 Å². The summed E-state index contributed by atoms with van der Waals surface area (Å²) in [5.41, 5.74) is -0.995. The van der Waals surface area contributed by atoms with Gasteiger partial charge in [-0.1, -0.05) is 0 Å². The molecule has 1 heterocycles. The van der Waals surface area contributed by atoms with Crippen LogP contribution in [0.2, 0.25) is 0 Å². The van der Waals surface area contributed by atoms with Gasteiger partial charge in [0.15, 0.2) is 0 Å². The van der Waals surface area contributed by atoms with Gasteiger partial charge < -0.3 is 10.0 Å². The zero-order chi connectivity index (χ0) is 16.2. The SMILES string of the molecule is Cc1nc(C(F)(F)F)ccc1C(=O)N(C)CCCC(=O)O. The lowest BCUT2D eigenvalue weighted by Gasteiger charge is -2.18. The van der Waals surface area contributed by atoms with Crippen molar-refractivity contribution in [1.82, 2.24) is 9.88 Å². The molecule has 1 aromatic rings. The molecule has 0 aliphatic rings. The number of aryl methyl sites for hydroxylation is 1. The van der Waals surface area contributed by atoms with Crippen LogP contribution < -0.4 is 0 Å². The lowest BCUT2D eigenvalue weighted by molar-refractivity contribution is -0.141. The lowest BCUT2D eigenvalue weighted by atomic mass is 10.1. The van der Waals surface area contributed by atoms with Gasteiger partial charge in [0.1, 0.15) is 5.69 Å². The molecule has 5 nitrogen and oxygen atoms in total. The van der Waals surface area contributed by atoms with Gasteiger partial charge in [-0.3, -0.25) is 9.59 Å². The Bertz CT molecular complexity index is 544. The van der Waals surface area contributed by atoms with Crippen LogP contribution in [0, 0.1) is 6.92 Å². The third-order valence-electron chi connectivity index (χ3n) is 2.84. The fourth-order valence-corrected chi connectivity index (χ4v) is 1.72. The zero-order valence-corrected chi connectivity index (χ0v) is 11.6. The number of carbonyl (C=O) groups excluding carboxylic acids is 1. The van der Waals surface area contributed by atoms with Gasteiger partial charge in [0.05, 0.1) is 11.3 Å². The third-order valence-corrected chi connectivity index (χ3v) is 2.84. The minimum Gasteiger partial charge on any atom is -0.481 e. The molecule has 0 spiro atoms. The Morgan fingerprint density at radius 1 is 1.33 bits per heavy atom. The van der Waals surface area contributed by atoms with Crippen LogP contribution in [0.4, 0.5) is 13.2 Å². The molecule has 8 heteroatoms. The highest BCUT2D eigenvalue weighted by atomic mass is 19.4. The molecule has 0 unspecified atom stereocenters. The number of amides is 1. The third kappa shape index (κ3) is 4.73. The average molecular weight is 304 g/mol. The van der Waals surface area contributed by atoms with Crippen molar-refractivity contribution in [2.45, 2.75) is 25.9 Å². The van der Waals surface area contributed by atoms with Gasteiger partial charge in [-0.05, 0) is 25.5 Å². The Morgan fingerprint density at radius 2 is 1.95 bits per heavy atom. The topological polar surface area (TPSA) is 70.5 Å². The Labute approximate surface area is 119 Å². The maximum absolute atomic E-state index is 12.5. The first-order valence-corrected chi connectivity index (χ1v) is 6.15. The molecule has 0 aromatic carbocycles. The molecule has 0 aliphatic carbocycles. The maximum atomic E-state index is 12.5. The summed E-state index contributed by atoms with van der Waals surface area (Å²) < 4.78 is 37.5. The first-order valence-electron chi connectivity index (χ1n) is 6.15. The van der Waals surface area contributed by atoms with Gasteiger partial charge in [0.25, 0.3) is 5.91 Å². The second kappa shape index (κ2) is 6.55. The van der Waals surface area contributed by atoms with Crippen molar-refractivity contribution in [1.29, 1.82) is 0 Å². The number of rotatable bonds is 5. The molecule has 21 heavy (non-hydrogen) atoms. The Morgan fingerprint density at radius 3 is 2.43 bits per heavy atom. The van der Waals surface area contributed by atoms with E-state index >= 15 is 0 Å². The van der Waals surface area contributed by atoms with Crippen molar-refractivity contribution in [2.75, 3.05) is 13.6 Å². The van der Waals surface area contributed by atoms with Crippen LogP contribution in [0.15, 0.2) is 12.1 Å². The molecular formula is C13H15F3N2O3. The van der Waals surface area contributed by atoms with E-state index in [4.69, 9.17) is 5.11 Å². The van der Waals surface area contributed by atoms with Crippen LogP contribution in [-0.4, -0.2) is 40.5 Å². The summed E-state index contributed by atoms with van der Waals surface area (Å²) in [4.78, 5) is 27.1. The number of nitrogens with zero attached hydrogens (tertiary/aromatic N) is 2. The quantitative estimate of drug-likeness (QED) is 0.906. The molecule has 0 atom stereocenters. The van der Waals surface area contributed by atoms with E-state index < -0.39 is 23.7 Å². The molecule has 0 fully saturated rings. The zero-order valence-electron chi connectivity index (χ0n) is 11.6. The van der Waals surface area contributed by atoms with E-state index in [1.165, 1.54) is 18.9 Å². The number of carboxylic acids is 1. The van der Waals surface area contributed by atoms with E-state index in [2.05, 4.69) is 4.98 Å². The molecule has 0 bridgehead atoms. The van der Waals surface area contributed by atoms with Crippen molar-refractivity contribution in [2.24, 2.45) is 0 Å². The van der Waals surface area contributed by atoms with E-state index in [0.29, 0.717) is 0 Å². The number of hydrogen-bond donors (Lipinski definition) is 1. The average Bonchev–Trinajstić information content (AvgIpc) is 2.36. The predicted molar refractivity (Wildman–Crippen MR) is 67.8 cm³/mol. The van der Waals surface area contributed by atoms with E-state index in [-0.39, 0.29) is 30.6 Å². The molecule has 116 valence electrons. The number of hydrogen-bond acceptors (Lipinski definition) is 3. The minimum atomic E-state index is -4.56. The van der Waals surface area contributed by atoms with Crippen LogP contribution in [0.1, 0.15) is 34.6 Å². The van der Waals surface area contributed by atoms with E-state index in [9.17, 15) is 22.8 Å². The molecule has 0 saturated carbocycles. The smallest absolute Gasteiger partial charge is 0.433 e. The molecule has 0 saturated heterocycles. The summed E-state index contributed by atoms with van der Waals surface area (Å²) in [5, 5.41) is 8.51. The fraction of sp³-hybridized carbons (Fsp3) is 0.462. The summed E-state index contributed by atoms with van der Waals surface area (Å²) in [5.74, 6) is -1.46. The van der Waals surface area contributed by atoms with Crippen molar-refractivity contribution >= 4 is 11.9 Å². The number of aliphatic carboxylic acids is 1. The van der Waals surface area contributed by atoms with Crippen LogP contribution in [-0.2, 0) is 11.0 Å². The first-order chi connectivity index (χ1) is 9.62. The van der Waals surface area contributed by atoms with Crippen molar-refractivity contribution in [3.63, 3.8) is 0 Å². The van der Waals surface area contributed by atoms with E-state index in [0.717, 1.165) is 12.1 Å². The standard InChI is InChI=1S/C13H15F3N2O3/c1-8-9(5-6-10(17-8)13(14,15)16)12(21)18(2)7-3-4-11(19)20/h5-6H,3-4,7H2,1-2H3,(H,19,20). The minimum absolute atomic E-state index is 0.0140. The van der Waals surface area contributed by atoms with Gasteiger partial charge >= 0.3 is 12.1 Å². The monoisotopic (exact) mass is 304 g/mol. The van der Waals surface area contributed by atoms with Gasteiger partial charge in [-0.15, -0.1) is 0 Å². The highest BCUT2D eigenvalue weighted by Crippen LogP contribution is 2.28. The van der Waals surface area contributed by atoms with Crippen LogP contribution in [0.5, 0.6) is 0 Å². The van der Waals surface area contributed by atoms with Gasteiger partial charge in [-0.2, -0.15) is 13.2 Å². The normalized spacial score (nSPS) is 11.3. The number of alkyl halides is 3. The second-order valence-electron chi connectivity index (χ2n) is 4.55. The highest BCUT2D eigenvalue weighted by Gasteiger charge is 2.33. The second-order valence-corrected chi connectivity index (χ2v) is 4.55. The largest absolute Gasteiger partial charge is 0.481 e. The molecule has 1 amide bonds. The summed E-state index contributed by atoms with van der Waals surface area (Å²) in [6, 6.07) is 1.84. The maximum Gasteiger partial charge on any atom is 0.433 e. The van der Waals surface area contributed by atoms with Crippen molar-refractivity contribution in [3.8, 4) is 0 Å². The van der Waals surface area contributed by atoms with Crippen molar-refractivity contribution < 1.29 is 27.9 Å². The van der Waals surface area contributed by atoms with Crippen LogP contribution >= 0.6 is 0 Å². The Balaban J connectivity index is 2.81. The van der Waals surface area contributed by atoms with Gasteiger partial charge in [0.2, 0.25) is 0 Å². The molecule has 1 aromatic heterocycles.